The van der Waals surface area contributed by atoms with E-state index < -0.39 is 0 Å². The summed E-state index contributed by atoms with van der Waals surface area (Å²) in [5, 5.41) is 5.20. The molecule has 31 heavy (non-hydrogen) atoms. The molecular formula is C25H28BrN3O2. The Balaban J connectivity index is 1.71. The third-order valence-electron chi connectivity index (χ3n) is 5.93. The van der Waals surface area contributed by atoms with Gasteiger partial charge in [-0.05, 0) is 78.0 Å². The van der Waals surface area contributed by atoms with E-state index in [9.17, 15) is 4.79 Å². The van der Waals surface area contributed by atoms with Crippen LogP contribution in [0.4, 0.5) is 0 Å². The molecule has 4 rings (SSSR count). The Morgan fingerprint density at radius 2 is 2.00 bits per heavy atom. The van der Waals surface area contributed by atoms with Crippen molar-refractivity contribution in [3.63, 3.8) is 0 Å². The molecule has 0 amide bonds. The van der Waals surface area contributed by atoms with Gasteiger partial charge in [0.1, 0.15) is 11.6 Å². The Hall–Kier alpha value is -2.47. The summed E-state index contributed by atoms with van der Waals surface area (Å²) in [6.45, 7) is 4.15. The number of halogens is 1. The van der Waals surface area contributed by atoms with Crippen molar-refractivity contribution < 1.29 is 4.74 Å². The van der Waals surface area contributed by atoms with E-state index in [-0.39, 0.29) is 17.6 Å². The highest BCUT2D eigenvalue weighted by molar-refractivity contribution is 9.10. The van der Waals surface area contributed by atoms with Crippen molar-refractivity contribution in [2.45, 2.75) is 64.4 Å². The van der Waals surface area contributed by atoms with Crippen molar-refractivity contribution in [2.75, 3.05) is 0 Å². The van der Waals surface area contributed by atoms with E-state index in [4.69, 9.17) is 9.72 Å². The normalized spacial score (nSPS) is 16.1. The lowest BCUT2D eigenvalue weighted by molar-refractivity contribution is 0.216. The molecule has 0 unspecified atom stereocenters. The number of ether oxygens (including phenoxy) is 1. The second kappa shape index (κ2) is 9.77. The van der Waals surface area contributed by atoms with Crippen LogP contribution in [0.3, 0.4) is 0 Å². The van der Waals surface area contributed by atoms with Gasteiger partial charge < -0.3 is 4.74 Å². The summed E-state index contributed by atoms with van der Waals surface area (Å²) >= 11 is 3.59. The molecule has 0 aliphatic heterocycles. The number of benzene rings is 2. The average molecular weight is 482 g/mol. The Morgan fingerprint density at radius 1 is 1.23 bits per heavy atom. The molecule has 0 bridgehead atoms. The number of para-hydroxylation sites is 1. The maximum atomic E-state index is 13.3. The van der Waals surface area contributed by atoms with E-state index in [1.165, 1.54) is 23.9 Å². The molecule has 1 aliphatic carbocycles. The second-order valence-electron chi connectivity index (χ2n) is 8.21. The van der Waals surface area contributed by atoms with Crippen LogP contribution in [0, 0.1) is 0 Å². The number of fused-ring (bicyclic) bond motifs is 1. The van der Waals surface area contributed by atoms with Gasteiger partial charge in [-0.15, -0.1) is 0 Å². The number of aromatic nitrogens is 2. The van der Waals surface area contributed by atoms with Crippen molar-refractivity contribution in [2.24, 2.45) is 5.10 Å². The van der Waals surface area contributed by atoms with Gasteiger partial charge in [-0.1, -0.05) is 38.3 Å². The summed E-state index contributed by atoms with van der Waals surface area (Å²) in [6.07, 6.45) is 8.50. The van der Waals surface area contributed by atoms with Crippen molar-refractivity contribution in [3.8, 4) is 5.75 Å². The fourth-order valence-electron chi connectivity index (χ4n) is 3.99. The van der Waals surface area contributed by atoms with Crippen LogP contribution in [0.25, 0.3) is 10.9 Å². The van der Waals surface area contributed by atoms with Gasteiger partial charge in [0.15, 0.2) is 0 Å². The van der Waals surface area contributed by atoms with Crippen molar-refractivity contribution in [1.82, 2.24) is 9.66 Å². The molecule has 0 spiro atoms. The first-order valence-corrected chi connectivity index (χ1v) is 11.9. The smallest absolute Gasteiger partial charge is 0.282 e. The minimum absolute atomic E-state index is 0.113. The van der Waals surface area contributed by atoms with E-state index in [2.05, 4.69) is 28.0 Å². The van der Waals surface area contributed by atoms with Gasteiger partial charge in [-0.3, -0.25) is 4.79 Å². The third-order valence-corrected chi connectivity index (χ3v) is 6.55. The molecule has 5 nitrogen and oxygen atoms in total. The zero-order chi connectivity index (χ0) is 21.8. The topological polar surface area (TPSA) is 56.5 Å². The average Bonchev–Trinajstić information content (AvgIpc) is 2.80. The van der Waals surface area contributed by atoms with Gasteiger partial charge >= 0.3 is 0 Å². The van der Waals surface area contributed by atoms with Gasteiger partial charge in [-0.25, -0.2) is 4.98 Å². The predicted molar refractivity (Wildman–Crippen MR) is 129 cm³/mol. The van der Waals surface area contributed by atoms with E-state index in [0.717, 1.165) is 46.4 Å². The van der Waals surface area contributed by atoms with E-state index in [0.29, 0.717) is 5.39 Å². The zero-order valence-electron chi connectivity index (χ0n) is 18.1. The van der Waals surface area contributed by atoms with E-state index >= 15 is 0 Å². The highest BCUT2D eigenvalue weighted by Crippen LogP contribution is 2.32. The Bertz CT molecular complexity index is 1150. The lowest BCUT2D eigenvalue weighted by Gasteiger charge is -2.22. The lowest BCUT2D eigenvalue weighted by Crippen LogP contribution is -2.25. The fraction of sp³-hybridized carbons (Fsp3) is 0.400. The predicted octanol–water partition coefficient (Wildman–Crippen LogP) is 6.27. The summed E-state index contributed by atoms with van der Waals surface area (Å²) < 4.78 is 8.30. The maximum absolute atomic E-state index is 13.3. The number of nitrogens with zero attached hydrogens (tertiary/aromatic N) is 3. The van der Waals surface area contributed by atoms with Crippen LogP contribution in [0.5, 0.6) is 5.75 Å². The largest absolute Gasteiger partial charge is 0.490 e. The van der Waals surface area contributed by atoms with E-state index in [1.54, 1.807) is 6.21 Å². The number of hydrogen-bond donors (Lipinski definition) is 0. The van der Waals surface area contributed by atoms with E-state index in [1.807, 2.05) is 49.4 Å². The van der Waals surface area contributed by atoms with Crippen molar-refractivity contribution in [1.29, 1.82) is 0 Å². The monoisotopic (exact) mass is 481 g/mol. The molecule has 0 N–H and O–H groups in total. The van der Waals surface area contributed by atoms with Crippen LogP contribution in [0.15, 0.2) is 56.8 Å². The molecule has 1 aliphatic rings. The minimum Gasteiger partial charge on any atom is -0.490 e. The van der Waals surface area contributed by atoms with Gasteiger partial charge in [-0.2, -0.15) is 9.78 Å². The Morgan fingerprint density at radius 3 is 2.74 bits per heavy atom. The first kappa shape index (κ1) is 21.8. The zero-order valence-corrected chi connectivity index (χ0v) is 19.6. The summed E-state index contributed by atoms with van der Waals surface area (Å²) in [5.74, 6) is 1.84. The molecule has 0 radical (unpaired) electrons. The SMILES string of the molecule is CC[C@H](C)Oc1ccc(C=Nn2c(C3CCCCC3)nc3ccccc3c2=O)cc1Br. The molecule has 1 saturated carbocycles. The Labute approximate surface area is 191 Å². The van der Waals surface area contributed by atoms with Gasteiger partial charge in [0.05, 0.1) is 27.7 Å². The first-order valence-electron chi connectivity index (χ1n) is 11.1. The van der Waals surface area contributed by atoms with Crippen LogP contribution >= 0.6 is 15.9 Å². The molecule has 2 aromatic carbocycles. The summed E-state index contributed by atoms with van der Waals surface area (Å²) in [6, 6.07) is 13.4. The highest BCUT2D eigenvalue weighted by atomic mass is 79.9. The molecular weight excluding hydrogens is 454 g/mol. The molecule has 162 valence electrons. The summed E-state index contributed by atoms with van der Waals surface area (Å²) in [5.41, 5.74) is 1.52. The standard InChI is InChI=1S/C25H28BrN3O2/c1-3-17(2)31-23-14-13-18(15-21(23)26)16-27-29-24(19-9-5-4-6-10-19)28-22-12-8-7-11-20(22)25(29)30/h7-8,11-17,19H,3-6,9-10H2,1-2H3/t17-/m0/s1. The molecule has 0 saturated heterocycles. The van der Waals surface area contributed by atoms with Crippen molar-refractivity contribution >= 4 is 33.0 Å². The second-order valence-corrected chi connectivity index (χ2v) is 9.06. The molecule has 1 aromatic heterocycles. The molecule has 3 aromatic rings. The minimum atomic E-state index is -0.113. The molecule has 1 atom stereocenters. The molecule has 1 heterocycles. The van der Waals surface area contributed by atoms with Crippen LogP contribution < -0.4 is 10.3 Å². The third kappa shape index (κ3) is 4.90. The fourth-order valence-corrected chi connectivity index (χ4v) is 4.48. The van der Waals surface area contributed by atoms with Gasteiger partial charge in [0, 0.05) is 5.92 Å². The number of rotatable bonds is 6. The summed E-state index contributed by atoms with van der Waals surface area (Å²) in [4.78, 5) is 18.1. The van der Waals surface area contributed by atoms with Crippen LogP contribution in [-0.4, -0.2) is 22.0 Å². The lowest BCUT2D eigenvalue weighted by atomic mass is 9.88. The molecule has 6 heteroatoms. The van der Waals surface area contributed by atoms with Gasteiger partial charge in [0.2, 0.25) is 0 Å². The number of hydrogen-bond acceptors (Lipinski definition) is 4. The summed E-state index contributed by atoms with van der Waals surface area (Å²) in [7, 11) is 0. The molecule has 1 fully saturated rings. The highest BCUT2D eigenvalue weighted by Gasteiger charge is 2.22. The Kier molecular flexibility index (Phi) is 6.86. The van der Waals surface area contributed by atoms with Crippen LogP contribution in [-0.2, 0) is 0 Å². The van der Waals surface area contributed by atoms with Gasteiger partial charge in [0.25, 0.3) is 5.56 Å². The first-order chi connectivity index (χ1) is 15.1. The van der Waals surface area contributed by atoms with Crippen LogP contribution in [0.1, 0.15) is 69.7 Å². The van der Waals surface area contributed by atoms with Crippen LogP contribution in [0.2, 0.25) is 0 Å². The quantitative estimate of drug-likeness (QED) is 0.390. The van der Waals surface area contributed by atoms with Crippen molar-refractivity contribution in [3.05, 3.63) is 68.7 Å². The maximum Gasteiger partial charge on any atom is 0.282 e.